The number of aryl methyl sites for hydroxylation is 1. The molecular formula is C16H22FNO4. The van der Waals surface area contributed by atoms with Gasteiger partial charge in [0.2, 0.25) is 0 Å². The van der Waals surface area contributed by atoms with Crippen LogP contribution in [0, 0.1) is 24.6 Å². The highest BCUT2D eigenvalue weighted by molar-refractivity contribution is 5.78. The van der Waals surface area contributed by atoms with Crippen LogP contribution in [0.5, 0.6) is 5.75 Å². The summed E-state index contributed by atoms with van der Waals surface area (Å²) in [6.45, 7) is 5.30. The average Bonchev–Trinajstić information content (AvgIpc) is 2.43. The maximum atomic E-state index is 13.4. The van der Waals surface area contributed by atoms with Crippen LogP contribution in [0.1, 0.15) is 25.8 Å². The fourth-order valence-corrected chi connectivity index (χ4v) is 1.99. The Kier molecular flexibility index (Phi) is 6.82. The molecule has 0 radical (unpaired) electrons. The van der Waals surface area contributed by atoms with E-state index in [1.165, 1.54) is 12.1 Å². The molecule has 0 aliphatic carbocycles. The summed E-state index contributed by atoms with van der Waals surface area (Å²) in [5, 5.41) is 11.6. The molecule has 5 nitrogen and oxygen atoms in total. The summed E-state index contributed by atoms with van der Waals surface area (Å²) in [6.07, 6.45) is 0.475. The van der Waals surface area contributed by atoms with Crippen molar-refractivity contribution >= 4 is 11.9 Å². The van der Waals surface area contributed by atoms with E-state index in [0.717, 1.165) is 5.56 Å². The quantitative estimate of drug-likeness (QED) is 0.773. The highest BCUT2D eigenvalue weighted by Crippen LogP contribution is 2.18. The van der Waals surface area contributed by atoms with E-state index in [1.54, 1.807) is 13.0 Å². The van der Waals surface area contributed by atoms with Crippen LogP contribution in [0.15, 0.2) is 18.2 Å². The molecule has 0 aliphatic heterocycles. The highest BCUT2D eigenvalue weighted by atomic mass is 19.1. The summed E-state index contributed by atoms with van der Waals surface area (Å²) in [5.74, 6) is -2.38. The standard InChI is InChI=1S/C16H22FNO4/c1-10(2)6-12(16(20)21)8-18-15(19)9-22-14-7-11(3)4-5-13(14)17/h4-5,7,10,12H,6,8-9H2,1-3H3,(H,18,19)(H,20,21). The van der Waals surface area contributed by atoms with Crippen LogP contribution in [0.4, 0.5) is 4.39 Å². The normalized spacial score (nSPS) is 12.0. The summed E-state index contributed by atoms with van der Waals surface area (Å²) >= 11 is 0. The number of rotatable bonds is 8. The number of carbonyl (C=O) groups is 2. The second-order valence-electron chi connectivity index (χ2n) is 5.69. The van der Waals surface area contributed by atoms with Crippen molar-refractivity contribution in [2.24, 2.45) is 11.8 Å². The van der Waals surface area contributed by atoms with Crippen LogP contribution in [0.2, 0.25) is 0 Å². The molecule has 0 bridgehead atoms. The molecule has 1 aromatic rings. The summed E-state index contributed by atoms with van der Waals surface area (Å²) in [6, 6.07) is 4.37. The number of hydrogen-bond acceptors (Lipinski definition) is 3. The van der Waals surface area contributed by atoms with E-state index in [4.69, 9.17) is 9.84 Å². The van der Waals surface area contributed by atoms with Gasteiger partial charge in [-0.15, -0.1) is 0 Å². The van der Waals surface area contributed by atoms with Gasteiger partial charge in [0.05, 0.1) is 5.92 Å². The van der Waals surface area contributed by atoms with Crippen LogP contribution in [-0.2, 0) is 9.59 Å². The molecule has 1 aromatic carbocycles. The molecular weight excluding hydrogens is 289 g/mol. The van der Waals surface area contributed by atoms with Crippen molar-refractivity contribution in [1.29, 1.82) is 0 Å². The highest BCUT2D eigenvalue weighted by Gasteiger charge is 2.19. The van der Waals surface area contributed by atoms with Gasteiger partial charge in [-0.1, -0.05) is 19.9 Å². The topological polar surface area (TPSA) is 75.6 Å². The Labute approximate surface area is 129 Å². The van der Waals surface area contributed by atoms with Crippen LogP contribution >= 0.6 is 0 Å². The minimum atomic E-state index is -0.945. The molecule has 0 spiro atoms. The maximum absolute atomic E-state index is 13.4. The molecule has 2 N–H and O–H groups in total. The van der Waals surface area contributed by atoms with Crippen molar-refractivity contribution in [3.05, 3.63) is 29.6 Å². The van der Waals surface area contributed by atoms with Gasteiger partial charge in [-0.25, -0.2) is 4.39 Å². The zero-order valence-electron chi connectivity index (χ0n) is 13.1. The Balaban J connectivity index is 2.45. The minimum absolute atomic E-state index is 0.00659. The van der Waals surface area contributed by atoms with Gasteiger partial charge in [0.1, 0.15) is 0 Å². The lowest BCUT2D eigenvalue weighted by atomic mass is 9.97. The molecule has 1 atom stereocenters. The first-order valence-corrected chi connectivity index (χ1v) is 7.18. The molecule has 0 aromatic heterocycles. The van der Waals surface area contributed by atoms with Crippen molar-refractivity contribution in [3.8, 4) is 5.75 Å². The zero-order chi connectivity index (χ0) is 16.7. The number of halogens is 1. The first-order chi connectivity index (χ1) is 10.3. The van der Waals surface area contributed by atoms with Gasteiger partial charge in [-0.05, 0) is 37.0 Å². The molecule has 0 saturated heterocycles. The molecule has 122 valence electrons. The minimum Gasteiger partial charge on any atom is -0.481 e. The van der Waals surface area contributed by atoms with E-state index in [0.29, 0.717) is 6.42 Å². The van der Waals surface area contributed by atoms with Gasteiger partial charge < -0.3 is 15.2 Å². The Bertz CT molecular complexity index is 531. The van der Waals surface area contributed by atoms with E-state index >= 15 is 0 Å². The van der Waals surface area contributed by atoms with Crippen molar-refractivity contribution in [2.45, 2.75) is 27.2 Å². The van der Waals surface area contributed by atoms with Gasteiger partial charge in [-0.2, -0.15) is 0 Å². The lowest BCUT2D eigenvalue weighted by Gasteiger charge is -2.15. The van der Waals surface area contributed by atoms with E-state index in [9.17, 15) is 14.0 Å². The Morgan fingerprint density at radius 1 is 1.36 bits per heavy atom. The largest absolute Gasteiger partial charge is 0.481 e. The number of aliphatic carboxylic acids is 1. The number of ether oxygens (including phenoxy) is 1. The third kappa shape index (κ3) is 6.11. The van der Waals surface area contributed by atoms with Gasteiger partial charge in [0, 0.05) is 6.54 Å². The van der Waals surface area contributed by atoms with Gasteiger partial charge in [0.25, 0.3) is 5.91 Å². The summed E-state index contributed by atoms with van der Waals surface area (Å²) < 4.78 is 18.6. The number of hydrogen-bond donors (Lipinski definition) is 2. The van der Waals surface area contributed by atoms with Crippen LogP contribution in [0.25, 0.3) is 0 Å². The number of carbonyl (C=O) groups excluding carboxylic acids is 1. The van der Waals surface area contributed by atoms with Gasteiger partial charge in [0.15, 0.2) is 18.2 Å². The van der Waals surface area contributed by atoms with Crippen molar-refractivity contribution in [3.63, 3.8) is 0 Å². The predicted molar refractivity (Wildman–Crippen MR) is 80.2 cm³/mol. The second-order valence-corrected chi connectivity index (χ2v) is 5.69. The Morgan fingerprint density at radius 3 is 2.64 bits per heavy atom. The third-order valence-corrected chi connectivity index (χ3v) is 3.10. The molecule has 1 amide bonds. The number of carboxylic acids is 1. The number of amides is 1. The molecule has 6 heteroatoms. The first-order valence-electron chi connectivity index (χ1n) is 7.18. The van der Waals surface area contributed by atoms with Crippen LogP contribution < -0.4 is 10.1 Å². The molecule has 22 heavy (non-hydrogen) atoms. The van der Waals surface area contributed by atoms with E-state index < -0.39 is 23.6 Å². The smallest absolute Gasteiger partial charge is 0.308 e. The van der Waals surface area contributed by atoms with Gasteiger partial charge >= 0.3 is 5.97 Å². The van der Waals surface area contributed by atoms with Crippen LogP contribution in [0.3, 0.4) is 0 Å². The predicted octanol–water partition coefficient (Wildman–Crippen LogP) is 2.38. The van der Waals surface area contributed by atoms with E-state index in [2.05, 4.69) is 5.32 Å². The molecule has 0 aliphatic rings. The Hall–Kier alpha value is -2.11. The van der Waals surface area contributed by atoms with E-state index in [-0.39, 0.29) is 24.8 Å². The van der Waals surface area contributed by atoms with Gasteiger partial charge in [-0.3, -0.25) is 9.59 Å². The van der Waals surface area contributed by atoms with Crippen molar-refractivity contribution in [2.75, 3.05) is 13.2 Å². The third-order valence-electron chi connectivity index (χ3n) is 3.10. The molecule has 1 rings (SSSR count). The first kappa shape index (κ1) is 17.9. The SMILES string of the molecule is Cc1ccc(F)c(OCC(=O)NCC(CC(C)C)C(=O)O)c1. The number of benzene rings is 1. The second kappa shape index (κ2) is 8.36. The number of carboxylic acid groups (broad SMARTS) is 1. The maximum Gasteiger partial charge on any atom is 0.308 e. The summed E-state index contributed by atoms with van der Waals surface area (Å²) in [4.78, 5) is 22.8. The molecule has 0 heterocycles. The van der Waals surface area contributed by atoms with Crippen molar-refractivity contribution < 1.29 is 23.8 Å². The lowest BCUT2D eigenvalue weighted by molar-refractivity contribution is -0.142. The Morgan fingerprint density at radius 2 is 2.05 bits per heavy atom. The molecule has 1 unspecified atom stereocenters. The lowest BCUT2D eigenvalue weighted by Crippen LogP contribution is -2.36. The molecule has 0 saturated carbocycles. The fourth-order valence-electron chi connectivity index (χ4n) is 1.99. The molecule has 0 fully saturated rings. The summed E-state index contributed by atoms with van der Waals surface area (Å²) in [7, 11) is 0. The monoisotopic (exact) mass is 311 g/mol. The fraction of sp³-hybridized carbons (Fsp3) is 0.500. The zero-order valence-corrected chi connectivity index (χ0v) is 13.1. The number of nitrogens with one attached hydrogen (secondary N) is 1. The van der Waals surface area contributed by atoms with Crippen LogP contribution in [-0.4, -0.2) is 30.1 Å². The average molecular weight is 311 g/mol. The van der Waals surface area contributed by atoms with Crippen molar-refractivity contribution in [1.82, 2.24) is 5.32 Å². The van der Waals surface area contributed by atoms with E-state index in [1.807, 2.05) is 13.8 Å². The summed E-state index contributed by atoms with van der Waals surface area (Å²) in [5.41, 5.74) is 0.819.